The normalized spacial score (nSPS) is 11.0. The second-order valence-corrected chi connectivity index (χ2v) is 7.99. The van der Waals surface area contributed by atoms with Gasteiger partial charge in [0, 0.05) is 10.9 Å². The molecule has 2 heterocycles. The van der Waals surface area contributed by atoms with Gasteiger partial charge in [-0.2, -0.15) is 0 Å². The number of fused-ring (bicyclic) bond motifs is 1. The lowest BCUT2D eigenvalue weighted by Crippen LogP contribution is -2.11. The van der Waals surface area contributed by atoms with E-state index in [0.29, 0.717) is 28.2 Å². The van der Waals surface area contributed by atoms with Crippen LogP contribution in [0.15, 0.2) is 79.0 Å². The molecule has 0 spiro atoms. The molecule has 0 saturated heterocycles. The maximum atomic E-state index is 13.9. The highest BCUT2D eigenvalue weighted by Gasteiger charge is 2.22. The number of aryl methyl sites for hydroxylation is 2. The highest BCUT2D eigenvalue weighted by Crippen LogP contribution is 2.33. The fourth-order valence-electron chi connectivity index (χ4n) is 3.92. The van der Waals surface area contributed by atoms with E-state index in [9.17, 15) is 9.18 Å². The topological polar surface area (TPSA) is 69.9 Å². The molecule has 0 N–H and O–H groups in total. The Hall–Kier alpha value is -4.39. The van der Waals surface area contributed by atoms with Crippen molar-refractivity contribution in [3.05, 3.63) is 107 Å². The van der Waals surface area contributed by atoms with Crippen molar-refractivity contribution < 1.29 is 13.9 Å². The molecule has 5 aromatic rings. The van der Waals surface area contributed by atoms with Crippen molar-refractivity contribution in [1.29, 1.82) is 0 Å². The summed E-state index contributed by atoms with van der Waals surface area (Å²) >= 11 is 0. The zero-order valence-electron chi connectivity index (χ0n) is 18.7. The molecule has 3 aromatic carbocycles. The van der Waals surface area contributed by atoms with Crippen LogP contribution in [-0.2, 0) is 11.3 Å². The molecule has 34 heavy (non-hydrogen) atoms. The third-order valence-electron chi connectivity index (χ3n) is 5.65. The van der Waals surface area contributed by atoms with Crippen molar-refractivity contribution in [1.82, 2.24) is 20.0 Å². The molecule has 2 aromatic heterocycles. The predicted molar refractivity (Wildman–Crippen MR) is 127 cm³/mol. The Morgan fingerprint density at radius 1 is 1.00 bits per heavy atom. The third-order valence-corrected chi connectivity index (χ3v) is 5.65. The highest BCUT2D eigenvalue weighted by molar-refractivity contribution is 6.07. The number of esters is 1. The van der Waals surface area contributed by atoms with Crippen LogP contribution >= 0.6 is 0 Å². The van der Waals surface area contributed by atoms with Crippen molar-refractivity contribution >= 4 is 16.9 Å². The number of hydrogen-bond acceptors (Lipinski definition) is 5. The van der Waals surface area contributed by atoms with E-state index in [2.05, 4.69) is 15.3 Å². The minimum absolute atomic E-state index is 0.0757. The van der Waals surface area contributed by atoms with Crippen LogP contribution in [0.1, 0.15) is 27.3 Å². The lowest BCUT2D eigenvalue weighted by atomic mass is 9.94. The van der Waals surface area contributed by atoms with Crippen LogP contribution in [0.4, 0.5) is 4.39 Å². The Morgan fingerprint density at radius 2 is 1.76 bits per heavy atom. The maximum Gasteiger partial charge on any atom is 0.341 e. The molecule has 7 heteroatoms. The van der Waals surface area contributed by atoms with Crippen LogP contribution in [0, 0.1) is 19.7 Å². The van der Waals surface area contributed by atoms with Gasteiger partial charge in [-0.05, 0) is 43.2 Å². The molecule has 0 radical (unpaired) electrons. The van der Waals surface area contributed by atoms with E-state index in [1.165, 1.54) is 10.7 Å². The Balaban J connectivity index is 1.45. The van der Waals surface area contributed by atoms with Gasteiger partial charge >= 0.3 is 5.97 Å². The third kappa shape index (κ3) is 4.03. The van der Waals surface area contributed by atoms with E-state index < -0.39 is 5.97 Å². The molecule has 168 valence electrons. The quantitative estimate of drug-likeness (QED) is 0.325. The summed E-state index contributed by atoms with van der Waals surface area (Å²) in [5.74, 6) is -0.820. The molecule has 0 amide bonds. The standard InChI is InChI=1S/C27H21FN4O2/c1-17-12-13-21(14-23(17)28)32-15-20(30-31-32)16-34-27(33)25-18(2)29-24-11-7-6-10-22(24)26(25)19-8-4-3-5-9-19/h3-15H,16H2,1-2H3. The van der Waals surface area contributed by atoms with Gasteiger partial charge in [0.2, 0.25) is 0 Å². The summed E-state index contributed by atoms with van der Waals surface area (Å²) in [6, 6.07) is 22.3. The predicted octanol–water partition coefficient (Wildman–Crippen LogP) is 5.60. The number of carbonyl (C=O) groups excluding carboxylic acids is 1. The summed E-state index contributed by atoms with van der Waals surface area (Å²) in [6.45, 7) is 3.42. The lowest BCUT2D eigenvalue weighted by molar-refractivity contribution is 0.0467. The van der Waals surface area contributed by atoms with Gasteiger partial charge in [0.05, 0.1) is 28.7 Å². The van der Waals surface area contributed by atoms with E-state index in [-0.39, 0.29) is 12.4 Å². The number of para-hydroxylation sites is 1. The molecule has 0 bridgehead atoms. The number of carbonyl (C=O) groups is 1. The first-order valence-electron chi connectivity index (χ1n) is 10.8. The van der Waals surface area contributed by atoms with Gasteiger partial charge in [-0.15, -0.1) is 5.10 Å². The number of benzene rings is 3. The SMILES string of the molecule is Cc1ccc(-n2cc(COC(=O)c3c(C)nc4ccccc4c3-c3ccccc3)nn2)cc1F. The fourth-order valence-corrected chi connectivity index (χ4v) is 3.92. The van der Waals surface area contributed by atoms with Gasteiger partial charge in [0.1, 0.15) is 18.1 Å². The van der Waals surface area contributed by atoms with Gasteiger partial charge in [-0.1, -0.05) is 59.8 Å². The smallest absolute Gasteiger partial charge is 0.341 e. The van der Waals surface area contributed by atoms with E-state index >= 15 is 0 Å². The Labute approximate surface area is 195 Å². The Morgan fingerprint density at radius 3 is 2.56 bits per heavy atom. The van der Waals surface area contributed by atoms with Gasteiger partial charge in [-0.3, -0.25) is 4.98 Å². The molecule has 0 saturated carbocycles. The molecular weight excluding hydrogens is 431 g/mol. The number of pyridine rings is 1. The first-order chi connectivity index (χ1) is 16.5. The molecule has 0 aliphatic rings. The van der Waals surface area contributed by atoms with E-state index in [1.807, 2.05) is 54.6 Å². The van der Waals surface area contributed by atoms with Crippen LogP contribution in [0.5, 0.6) is 0 Å². The number of ether oxygens (including phenoxy) is 1. The van der Waals surface area contributed by atoms with Crippen molar-refractivity contribution in [2.75, 3.05) is 0 Å². The largest absolute Gasteiger partial charge is 0.455 e. The molecular formula is C27H21FN4O2. The molecule has 0 aliphatic carbocycles. The first kappa shape index (κ1) is 21.5. The lowest BCUT2D eigenvalue weighted by Gasteiger charge is -2.15. The van der Waals surface area contributed by atoms with E-state index in [4.69, 9.17) is 4.74 Å². The van der Waals surface area contributed by atoms with Crippen LogP contribution in [0.25, 0.3) is 27.7 Å². The average Bonchev–Trinajstić information content (AvgIpc) is 3.33. The summed E-state index contributed by atoms with van der Waals surface area (Å²) in [5, 5.41) is 8.96. The Bertz CT molecular complexity index is 1510. The van der Waals surface area contributed by atoms with Crippen LogP contribution in [0.3, 0.4) is 0 Å². The Kier molecular flexibility index (Phi) is 5.59. The maximum absolute atomic E-state index is 13.9. The summed E-state index contributed by atoms with van der Waals surface area (Å²) in [5.41, 5.74) is 5.03. The minimum Gasteiger partial charge on any atom is -0.455 e. The van der Waals surface area contributed by atoms with Crippen LogP contribution in [0.2, 0.25) is 0 Å². The summed E-state index contributed by atoms with van der Waals surface area (Å²) in [7, 11) is 0. The van der Waals surface area contributed by atoms with E-state index in [0.717, 1.165) is 22.0 Å². The number of rotatable bonds is 5. The van der Waals surface area contributed by atoms with Crippen molar-refractivity contribution in [3.63, 3.8) is 0 Å². The monoisotopic (exact) mass is 452 g/mol. The fraction of sp³-hybridized carbons (Fsp3) is 0.111. The van der Waals surface area contributed by atoms with Crippen molar-refractivity contribution in [2.45, 2.75) is 20.5 Å². The van der Waals surface area contributed by atoms with Crippen LogP contribution in [-0.4, -0.2) is 25.9 Å². The van der Waals surface area contributed by atoms with Crippen molar-refractivity contribution in [3.8, 4) is 16.8 Å². The second kappa shape index (κ2) is 8.86. The molecule has 0 atom stereocenters. The molecule has 0 unspecified atom stereocenters. The van der Waals surface area contributed by atoms with Crippen LogP contribution < -0.4 is 0 Å². The highest BCUT2D eigenvalue weighted by atomic mass is 19.1. The molecule has 6 nitrogen and oxygen atoms in total. The molecule has 5 rings (SSSR count). The number of hydrogen-bond donors (Lipinski definition) is 0. The van der Waals surface area contributed by atoms with Gasteiger partial charge in [0.25, 0.3) is 0 Å². The summed E-state index contributed by atoms with van der Waals surface area (Å²) in [6.07, 6.45) is 1.61. The first-order valence-corrected chi connectivity index (χ1v) is 10.8. The van der Waals surface area contributed by atoms with Gasteiger partial charge in [-0.25, -0.2) is 13.9 Å². The van der Waals surface area contributed by atoms with Gasteiger partial charge in [0.15, 0.2) is 0 Å². The summed E-state index contributed by atoms with van der Waals surface area (Å²) in [4.78, 5) is 17.9. The number of aromatic nitrogens is 4. The zero-order chi connectivity index (χ0) is 23.7. The minimum atomic E-state index is -0.495. The second-order valence-electron chi connectivity index (χ2n) is 7.99. The molecule has 0 aliphatic heterocycles. The summed E-state index contributed by atoms with van der Waals surface area (Å²) < 4.78 is 21.0. The van der Waals surface area contributed by atoms with E-state index in [1.54, 1.807) is 32.2 Å². The van der Waals surface area contributed by atoms with Crippen molar-refractivity contribution in [2.24, 2.45) is 0 Å². The molecule has 0 fully saturated rings. The number of nitrogens with zero attached hydrogens (tertiary/aromatic N) is 4. The van der Waals surface area contributed by atoms with Gasteiger partial charge < -0.3 is 4.74 Å². The average molecular weight is 452 g/mol. The number of halogens is 1. The zero-order valence-corrected chi connectivity index (χ0v) is 18.7.